The number of pyridine rings is 1. The van der Waals surface area contributed by atoms with E-state index in [9.17, 15) is 9.59 Å². The van der Waals surface area contributed by atoms with E-state index >= 15 is 0 Å². The lowest BCUT2D eigenvalue weighted by atomic mass is 9.88. The number of carbonyl (C=O) groups excluding carboxylic acids is 1. The molecule has 4 heterocycles. The molecule has 1 aliphatic rings. The Morgan fingerprint density at radius 1 is 1.15 bits per heavy atom. The summed E-state index contributed by atoms with van der Waals surface area (Å²) in [5.74, 6) is 0.0164. The van der Waals surface area contributed by atoms with Crippen molar-refractivity contribution in [1.82, 2.24) is 35.0 Å². The summed E-state index contributed by atoms with van der Waals surface area (Å²) < 4.78 is 1.73. The quantitative estimate of drug-likeness (QED) is 0.444. The number of carbonyl (C=O) groups is 1. The second-order valence-electron chi connectivity index (χ2n) is 9.27. The van der Waals surface area contributed by atoms with Gasteiger partial charge in [-0.1, -0.05) is 32.9 Å². The Hall–Kier alpha value is -4.08. The van der Waals surface area contributed by atoms with Crippen LogP contribution >= 0.6 is 0 Å². The van der Waals surface area contributed by atoms with Gasteiger partial charge >= 0.3 is 5.69 Å². The van der Waals surface area contributed by atoms with Crippen LogP contribution in [0.1, 0.15) is 50.7 Å². The van der Waals surface area contributed by atoms with Crippen LogP contribution < -0.4 is 11.0 Å². The molecule has 0 unspecified atom stereocenters. The Bertz CT molecular complexity index is 1430. The number of imidazole rings is 1. The van der Waals surface area contributed by atoms with E-state index < -0.39 is 5.66 Å². The van der Waals surface area contributed by atoms with Crippen LogP contribution in [0.2, 0.25) is 0 Å². The molecule has 0 bridgehead atoms. The molecule has 1 amide bonds. The van der Waals surface area contributed by atoms with E-state index in [1.54, 1.807) is 35.2 Å². The van der Waals surface area contributed by atoms with E-state index in [0.717, 1.165) is 0 Å². The van der Waals surface area contributed by atoms with Gasteiger partial charge in [-0.25, -0.2) is 14.8 Å². The zero-order valence-electron chi connectivity index (χ0n) is 18.7. The first kappa shape index (κ1) is 20.8. The summed E-state index contributed by atoms with van der Waals surface area (Å²) in [4.78, 5) is 42.1. The number of benzene rings is 1. The third kappa shape index (κ3) is 3.25. The summed E-state index contributed by atoms with van der Waals surface area (Å²) >= 11 is 0. The number of rotatable bonds is 4. The van der Waals surface area contributed by atoms with E-state index in [1.165, 1.54) is 6.33 Å². The van der Waals surface area contributed by atoms with Crippen LogP contribution in [-0.2, 0) is 10.5 Å². The summed E-state index contributed by atoms with van der Waals surface area (Å²) in [7, 11) is 0. The number of nitrogens with one attached hydrogen (secondary N) is 3. The highest BCUT2D eigenvalue weighted by atomic mass is 16.2. The third-order valence-corrected chi connectivity index (χ3v) is 6.26. The van der Waals surface area contributed by atoms with Crippen molar-refractivity contribution in [2.75, 3.05) is 0 Å². The minimum absolute atomic E-state index is 0.0722. The van der Waals surface area contributed by atoms with Crippen LogP contribution in [0.15, 0.2) is 58.8 Å². The maximum Gasteiger partial charge on any atom is 0.326 e. The summed E-state index contributed by atoms with van der Waals surface area (Å²) in [6.07, 6.45) is 4.65. The molecule has 4 aromatic rings. The lowest BCUT2D eigenvalue weighted by Gasteiger charge is -2.28. The van der Waals surface area contributed by atoms with Crippen molar-refractivity contribution in [3.05, 3.63) is 76.5 Å². The predicted molar refractivity (Wildman–Crippen MR) is 123 cm³/mol. The van der Waals surface area contributed by atoms with Crippen molar-refractivity contribution in [3.8, 4) is 0 Å². The average molecular weight is 444 g/mol. The molecular formula is C23H24N8O2. The van der Waals surface area contributed by atoms with Crippen molar-refractivity contribution in [2.24, 2.45) is 10.4 Å². The molecule has 33 heavy (non-hydrogen) atoms. The van der Waals surface area contributed by atoms with Gasteiger partial charge in [0.05, 0.1) is 11.0 Å². The molecule has 0 radical (unpaired) electrons. The Labute approximate surface area is 189 Å². The smallest absolute Gasteiger partial charge is 0.316 e. The van der Waals surface area contributed by atoms with Crippen LogP contribution in [0.25, 0.3) is 11.0 Å². The number of aromatic nitrogens is 6. The molecule has 3 aromatic heterocycles. The molecule has 0 aliphatic carbocycles. The lowest BCUT2D eigenvalue weighted by Crippen LogP contribution is -2.42. The maximum absolute atomic E-state index is 13.2. The minimum Gasteiger partial charge on any atom is -0.316 e. The Balaban J connectivity index is 1.69. The van der Waals surface area contributed by atoms with Crippen molar-refractivity contribution < 1.29 is 4.79 Å². The van der Waals surface area contributed by atoms with Gasteiger partial charge in [0.2, 0.25) is 5.66 Å². The van der Waals surface area contributed by atoms with Crippen LogP contribution in [0.5, 0.6) is 0 Å². The summed E-state index contributed by atoms with van der Waals surface area (Å²) in [5.41, 5.74) is 1.29. The molecule has 168 valence electrons. The van der Waals surface area contributed by atoms with E-state index in [-0.39, 0.29) is 28.8 Å². The zero-order chi connectivity index (χ0) is 23.4. The standard InChI is InChI=1S/C23H24N8O2/c1-13(22(2,3)4)31-17-10-14(7-8-16(17)27-21(31)33)18-19(32)29-23(28-18,20-25-12-26-30-20)15-6-5-9-24-11-15/h5-13H,1-4H3,(H,27,33)(H,29,32)(H,25,26,30)/t13-,23-/m1/s1. The second kappa shape index (κ2) is 7.22. The fraction of sp³-hybridized carbons (Fsp3) is 0.304. The number of amides is 1. The highest BCUT2D eigenvalue weighted by Crippen LogP contribution is 2.34. The summed E-state index contributed by atoms with van der Waals surface area (Å²) in [6.45, 7) is 8.27. The first-order valence-electron chi connectivity index (χ1n) is 10.6. The normalized spacial score (nSPS) is 19.5. The number of fused-ring (bicyclic) bond motifs is 1. The highest BCUT2D eigenvalue weighted by molar-refractivity contribution is 6.47. The Morgan fingerprint density at radius 2 is 1.97 bits per heavy atom. The molecule has 0 fully saturated rings. The molecule has 10 nitrogen and oxygen atoms in total. The van der Waals surface area contributed by atoms with Gasteiger partial charge in [-0.05, 0) is 30.5 Å². The largest absolute Gasteiger partial charge is 0.326 e. The number of aliphatic imine (C=N–C) groups is 1. The van der Waals surface area contributed by atoms with E-state index in [2.05, 4.69) is 51.2 Å². The van der Waals surface area contributed by atoms with Gasteiger partial charge < -0.3 is 10.3 Å². The highest BCUT2D eigenvalue weighted by Gasteiger charge is 2.45. The van der Waals surface area contributed by atoms with Gasteiger partial charge in [0.25, 0.3) is 5.91 Å². The van der Waals surface area contributed by atoms with Gasteiger partial charge in [0.15, 0.2) is 5.82 Å². The fourth-order valence-electron chi connectivity index (χ4n) is 4.05. The SMILES string of the molecule is C[C@@H](n1c(=O)[nH]c2ccc(C3=N[C@@](c4cccnc4)(c4ncn[nH]4)NC3=O)cc21)C(C)(C)C. The second-order valence-corrected chi connectivity index (χ2v) is 9.27. The molecule has 0 spiro atoms. The fourth-order valence-corrected chi connectivity index (χ4v) is 4.05. The first-order valence-corrected chi connectivity index (χ1v) is 10.6. The molecule has 1 aliphatic heterocycles. The molecule has 3 N–H and O–H groups in total. The molecular weight excluding hydrogens is 420 g/mol. The number of aromatic amines is 2. The van der Waals surface area contributed by atoms with E-state index in [0.29, 0.717) is 28.0 Å². The number of H-pyrrole nitrogens is 2. The number of nitrogens with zero attached hydrogens (tertiary/aromatic N) is 5. The van der Waals surface area contributed by atoms with E-state index in [4.69, 9.17) is 4.99 Å². The Morgan fingerprint density at radius 3 is 2.64 bits per heavy atom. The Kier molecular flexibility index (Phi) is 4.55. The van der Waals surface area contributed by atoms with Crippen LogP contribution in [0.4, 0.5) is 0 Å². The van der Waals surface area contributed by atoms with Gasteiger partial charge in [-0.15, -0.1) is 0 Å². The predicted octanol–water partition coefficient (Wildman–Crippen LogP) is 2.27. The van der Waals surface area contributed by atoms with Crippen molar-refractivity contribution in [3.63, 3.8) is 0 Å². The zero-order valence-corrected chi connectivity index (χ0v) is 18.7. The van der Waals surface area contributed by atoms with Gasteiger partial charge in [-0.2, -0.15) is 5.10 Å². The third-order valence-electron chi connectivity index (χ3n) is 6.26. The minimum atomic E-state index is -1.28. The maximum atomic E-state index is 13.2. The molecule has 0 saturated carbocycles. The summed E-state index contributed by atoms with van der Waals surface area (Å²) in [5, 5.41) is 9.72. The van der Waals surface area contributed by atoms with E-state index in [1.807, 2.05) is 19.1 Å². The molecule has 1 aromatic carbocycles. The van der Waals surface area contributed by atoms with Crippen LogP contribution in [0.3, 0.4) is 0 Å². The molecule has 10 heteroatoms. The topological polar surface area (TPSA) is 134 Å². The van der Waals surface area contributed by atoms with Gasteiger partial charge in [-0.3, -0.25) is 19.4 Å². The van der Waals surface area contributed by atoms with Crippen LogP contribution in [0, 0.1) is 5.41 Å². The first-order chi connectivity index (χ1) is 15.7. The number of hydrogen-bond acceptors (Lipinski definition) is 6. The molecule has 0 saturated heterocycles. The van der Waals surface area contributed by atoms with Crippen molar-refractivity contribution in [1.29, 1.82) is 0 Å². The lowest BCUT2D eigenvalue weighted by molar-refractivity contribution is -0.115. The van der Waals surface area contributed by atoms with Crippen molar-refractivity contribution >= 4 is 22.7 Å². The van der Waals surface area contributed by atoms with Crippen molar-refractivity contribution in [2.45, 2.75) is 39.4 Å². The average Bonchev–Trinajstić information content (AvgIpc) is 3.50. The van der Waals surface area contributed by atoms with Gasteiger partial charge in [0.1, 0.15) is 12.0 Å². The van der Waals surface area contributed by atoms with Gasteiger partial charge in [0, 0.05) is 29.6 Å². The summed E-state index contributed by atoms with van der Waals surface area (Å²) in [6, 6.07) is 8.92. The van der Waals surface area contributed by atoms with Crippen LogP contribution in [-0.4, -0.2) is 41.3 Å². The number of hydrogen-bond donors (Lipinski definition) is 3. The monoisotopic (exact) mass is 444 g/mol. The molecule has 2 atom stereocenters. The molecule has 5 rings (SSSR count).